The molecule has 0 spiro atoms. The summed E-state index contributed by atoms with van der Waals surface area (Å²) in [4.78, 5) is 20.0. The normalized spacial score (nSPS) is 9.89. The lowest BCUT2D eigenvalue weighted by Gasteiger charge is -2.07. The molecule has 2 aromatic heterocycles. The smallest absolute Gasteiger partial charge is 0.274 e. The van der Waals surface area contributed by atoms with E-state index in [0.29, 0.717) is 11.4 Å². The van der Waals surface area contributed by atoms with Crippen molar-refractivity contribution < 1.29 is 4.79 Å². The number of nitrogens with zero attached hydrogens (tertiary/aromatic N) is 2. The van der Waals surface area contributed by atoms with Gasteiger partial charge in [-0.3, -0.25) is 14.8 Å². The van der Waals surface area contributed by atoms with Crippen molar-refractivity contribution in [1.82, 2.24) is 9.97 Å². The first-order chi connectivity index (χ1) is 8.70. The van der Waals surface area contributed by atoms with Crippen LogP contribution in [-0.2, 0) is 0 Å². The molecule has 2 rings (SSSR count). The predicted octanol–water partition coefficient (Wildman–Crippen LogP) is 2.08. The molecule has 0 unspecified atom stereocenters. The molecule has 0 atom stereocenters. The third-order valence-corrected chi connectivity index (χ3v) is 2.57. The molecule has 0 radical (unpaired) electrons. The number of anilines is 2. The first-order valence-corrected chi connectivity index (χ1v) is 5.56. The van der Waals surface area contributed by atoms with Crippen molar-refractivity contribution in [2.45, 2.75) is 6.92 Å². The Balaban J connectivity index is 2.19. The summed E-state index contributed by atoms with van der Waals surface area (Å²) in [5.74, 6) is -0.247. The summed E-state index contributed by atoms with van der Waals surface area (Å²) in [6, 6.07) is 5.33. The van der Waals surface area contributed by atoms with Gasteiger partial charge in [0.15, 0.2) is 0 Å². The predicted molar refractivity (Wildman–Crippen MR) is 70.7 cm³/mol. The largest absolute Gasteiger partial charge is 0.388 e. The van der Waals surface area contributed by atoms with Gasteiger partial charge in [-0.2, -0.15) is 0 Å². The molecule has 0 aliphatic rings. The third-order valence-electron chi connectivity index (χ3n) is 2.57. The minimum atomic E-state index is -0.247. The van der Waals surface area contributed by atoms with Crippen molar-refractivity contribution in [2.75, 3.05) is 17.7 Å². The van der Waals surface area contributed by atoms with Gasteiger partial charge in [-0.1, -0.05) is 0 Å². The van der Waals surface area contributed by atoms with Gasteiger partial charge in [-0.25, -0.2) is 0 Å². The summed E-state index contributed by atoms with van der Waals surface area (Å²) >= 11 is 0. The molecule has 2 N–H and O–H groups in total. The third kappa shape index (κ3) is 2.63. The van der Waals surface area contributed by atoms with Gasteiger partial charge in [0, 0.05) is 25.1 Å². The van der Waals surface area contributed by atoms with Crippen LogP contribution in [-0.4, -0.2) is 22.9 Å². The Hall–Kier alpha value is -2.43. The van der Waals surface area contributed by atoms with Crippen LogP contribution in [0.1, 0.15) is 16.1 Å². The zero-order valence-corrected chi connectivity index (χ0v) is 10.3. The molecule has 92 valence electrons. The van der Waals surface area contributed by atoms with Gasteiger partial charge >= 0.3 is 0 Å². The maximum atomic E-state index is 12.0. The Morgan fingerprint density at radius 2 is 2.11 bits per heavy atom. The van der Waals surface area contributed by atoms with Gasteiger partial charge in [-0.05, 0) is 30.7 Å². The Morgan fingerprint density at radius 1 is 1.28 bits per heavy atom. The zero-order chi connectivity index (χ0) is 13.0. The molecule has 0 aliphatic carbocycles. The second-order valence-electron chi connectivity index (χ2n) is 3.82. The van der Waals surface area contributed by atoms with E-state index < -0.39 is 0 Å². The molecule has 0 bridgehead atoms. The number of hydrogen-bond donors (Lipinski definition) is 2. The summed E-state index contributed by atoms with van der Waals surface area (Å²) < 4.78 is 0. The van der Waals surface area contributed by atoms with Crippen molar-refractivity contribution >= 4 is 17.3 Å². The standard InChI is InChI=1S/C13H14N4O/c1-9-3-5-15-8-12(9)17-13(18)11-7-10(14-2)4-6-16-11/h3-8H,1-2H3,(H,14,16)(H,17,18). The van der Waals surface area contributed by atoms with E-state index in [4.69, 9.17) is 0 Å². The van der Waals surface area contributed by atoms with Gasteiger partial charge in [0.1, 0.15) is 5.69 Å². The van der Waals surface area contributed by atoms with Gasteiger partial charge < -0.3 is 10.6 Å². The van der Waals surface area contributed by atoms with E-state index in [0.717, 1.165) is 11.3 Å². The van der Waals surface area contributed by atoms with Crippen LogP contribution in [0.2, 0.25) is 0 Å². The van der Waals surface area contributed by atoms with Crippen LogP contribution >= 0.6 is 0 Å². The van der Waals surface area contributed by atoms with Crippen molar-refractivity contribution in [3.8, 4) is 0 Å². The number of nitrogens with one attached hydrogen (secondary N) is 2. The molecule has 0 aliphatic heterocycles. The molecular weight excluding hydrogens is 228 g/mol. The highest BCUT2D eigenvalue weighted by Gasteiger charge is 2.09. The van der Waals surface area contributed by atoms with E-state index in [1.807, 2.05) is 13.0 Å². The molecule has 0 aromatic carbocycles. The first kappa shape index (κ1) is 12.0. The molecule has 2 aromatic rings. The lowest BCUT2D eigenvalue weighted by molar-refractivity contribution is 0.102. The van der Waals surface area contributed by atoms with E-state index in [2.05, 4.69) is 20.6 Å². The summed E-state index contributed by atoms with van der Waals surface area (Å²) in [5, 5.41) is 5.75. The van der Waals surface area contributed by atoms with Crippen LogP contribution in [0, 0.1) is 6.92 Å². The van der Waals surface area contributed by atoms with Crippen LogP contribution in [0.4, 0.5) is 11.4 Å². The molecule has 0 saturated carbocycles. The highest BCUT2D eigenvalue weighted by Crippen LogP contribution is 2.13. The molecule has 18 heavy (non-hydrogen) atoms. The number of amides is 1. The highest BCUT2D eigenvalue weighted by atomic mass is 16.1. The van der Waals surface area contributed by atoms with Crippen LogP contribution in [0.25, 0.3) is 0 Å². The fraction of sp³-hybridized carbons (Fsp3) is 0.154. The number of hydrogen-bond acceptors (Lipinski definition) is 4. The van der Waals surface area contributed by atoms with Crippen molar-refractivity contribution in [3.63, 3.8) is 0 Å². The second kappa shape index (κ2) is 5.27. The van der Waals surface area contributed by atoms with Gasteiger partial charge in [0.05, 0.1) is 11.9 Å². The Labute approximate surface area is 105 Å². The van der Waals surface area contributed by atoms with Crippen LogP contribution in [0.3, 0.4) is 0 Å². The minimum Gasteiger partial charge on any atom is -0.388 e. The number of aryl methyl sites for hydroxylation is 1. The number of rotatable bonds is 3. The summed E-state index contributed by atoms with van der Waals surface area (Å²) in [6.45, 7) is 1.91. The number of carbonyl (C=O) groups excluding carboxylic acids is 1. The lowest BCUT2D eigenvalue weighted by Crippen LogP contribution is -2.14. The van der Waals surface area contributed by atoms with Gasteiger partial charge in [0.25, 0.3) is 5.91 Å². The van der Waals surface area contributed by atoms with Gasteiger partial charge in [0.2, 0.25) is 0 Å². The fourth-order valence-electron chi connectivity index (χ4n) is 1.49. The zero-order valence-electron chi connectivity index (χ0n) is 10.3. The van der Waals surface area contributed by atoms with Crippen LogP contribution in [0.5, 0.6) is 0 Å². The Morgan fingerprint density at radius 3 is 2.83 bits per heavy atom. The van der Waals surface area contributed by atoms with E-state index in [-0.39, 0.29) is 5.91 Å². The van der Waals surface area contributed by atoms with E-state index in [1.54, 1.807) is 37.8 Å². The van der Waals surface area contributed by atoms with Crippen molar-refractivity contribution in [1.29, 1.82) is 0 Å². The van der Waals surface area contributed by atoms with Crippen LogP contribution in [0.15, 0.2) is 36.8 Å². The molecule has 5 nitrogen and oxygen atoms in total. The monoisotopic (exact) mass is 242 g/mol. The van der Waals surface area contributed by atoms with E-state index >= 15 is 0 Å². The Bertz CT molecular complexity index is 568. The number of pyridine rings is 2. The van der Waals surface area contributed by atoms with E-state index in [1.165, 1.54) is 0 Å². The SMILES string of the molecule is CNc1ccnc(C(=O)Nc2cnccc2C)c1. The average molecular weight is 242 g/mol. The summed E-state index contributed by atoms with van der Waals surface area (Å²) in [6.07, 6.45) is 4.90. The fourth-order valence-corrected chi connectivity index (χ4v) is 1.49. The lowest BCUT2D eigenvalue weighted by atomic mass is 10.2. The average Bonchev–Trinajstić information content (AvgIpc) is 2.41. The molecular formula is C13H14N4O. The quantitative estimate of drug-likeness (QED) is 0.864. The number of carbonyl (C=O) groups is 1. The summed E-state index contributed by atoms with van der Waals surface area (Å²) in [5.41, 5.74) is 2.87. The maximum absolute atomic E-state index is 12.0. The second-order valence-corrected chi connectivity index (χ2v) is 3.82. The van der Waals surface area contributed by atoms with Crippen LogP contribution < -0.4 is 10.6 Å². The topological polar surface area (TPSA) is 66.9 Å². The first-order valence-electron chi connectivity index (χ1n) is 5.56. The number of aromatic nitrogens is 2. The molecule has 1 amide bonds. The molecule has 0 saturated heterocycles. The molecule has 2 heterocycles. The molecule has 5 heteroatoms. The Kier molecular flexibility index (Phi) is 3.52. The van der Waals surface area contributed by atoms with Gasteiger partial charge in [-0.15, -0.1) is 0 Å². The summed E-state index contributed by atoms with van der Waals surface area (Å²) in [7, 11) is 1.79. The van der Waals surface area contributed by atoms with Crippen molar-refractivity contribution in [3.05, 3.63) is 48.0 Å². The molecule has 0 fully saturated rings. The minimum absolute atomic E-state index is 0.247. The van der Waals surface area contributed by atoms with E-state index in [9.17, 15) is 4.79 Å². The van der Waals surface area contributed by atoms with Crippen molar-refractivity contribution in [2.24, 2.45) is 0 Å². The highest BCUT2D eigenvalue weighted by molar-refractivity contribution is 6.03. The maximum Gasteiger partial charge on any atom is 0.274 e.